The summed E-state index contributed by atoms with van der Waals surface area (Å²) in [7, 11) is 1.35. The number of aliphatic hydroxyl groups excluding tert-OH is 2. The van der Waals surface area contributed by atoms with Gasteiger partial charge in [-0.05, 0) is 69.8 Å². The monoisotopic (exact) mass is 590 g/mol. The molecule has 3 N–H and O–H groups in total. The maximum Gasteiger partial charge on any atom is 0.330 e. The molecule has 0 aromatic carbocycles. The number of hydrogen-bond donors (Lipinski definition) is 3. The van der Waals surface area contributed by atoms with Gasteiger partial charge in [-0.1, -0.05) is 105 Å². The summed E-state index contributed by atoms with van der Waals surface area (Å²) in [6.07, 6.45) is 28.1. The van der Waals surface area contributed by atoms with E-state index in [1.165, 1.54) is 13.2 Å². The summed E-state index contributed by atoms with van der Waals surface area (Å²) in [5.74, 6) is -0.677. The summed E-state index contributed by atoms with van der Waals surface area (Å²) in [5, 5.41) is 28.6. The Balaban J connectivity index is 0.00000133. The minimum absolute atomic E-state index is 0.207. The lowest BCUT2D eigenvalue weighted by atomic mass is 9.87. The number of esters is 1. The Bertz CT molecular complexity index is 954. The summed E-state index contributed by atoms with van der Waals surface area (Å²) in [6, 6.07) is 0. The fourth-order valence-electron chi connectivity index (χ4n) is 3.85. The highest BCUT2D eigenvalue weighted by Gasteiger charge is 2.25. The molecule has 1 aliphatic carbocycles. The number of carbonyl (C=O) groups excluding carboxylic acids is 1. The Morgan fingerprint density at radius 3 is 2.24 bits per heavy atom. The fraction of sp³-hybridized carbons (Fsp3) is 0.529. The first-order chi connectivity index (χ1) is 19.5. The van der Waals surface area contributed by atoms with Crippen LogP contribution in [0.4, 0.5) is 0 Å². The van der Waals surface area contributed by atoms with Crippen molar-refractivity contribution in [3.05, 3.63) is 83.5 Å². The van der Waals surface area contributed by atoms with Crippen LogP contribution in [0.5, 0.6) is 0 Å². The third kappa shape index (κ3) is 22.7. The smallest absolute Gasteiger partial charge is 0.330 e. The average Bonchev–Trinajstić information content (AvgIpc) is 2.93. The van der Waals surface area contributed by atoms with Crippen LogP contribution in [0, 0.1) is 17.8 Å². The summed E-state index contributed by atoms with van der Waals surface area (Å²) in [4.78, 5) is 21.4. The predicted octanol–water partition coefficient (Wildman–Crippen LogP) is 7.84. The number of ether oxygens (including phenoxy) is 1. The maximum absolute atomic E-state index is 11.0. The van der Waals surface area contributed by atoms with Gasteiger partial charge in [0, 0.05) is 11.1 Å². The fourth-order valence-corrected chi connectivity index (χ4v) is 4.03. The van der Waals surface area contributed by atoms with Crippen LogP contribution in [0.15, 0.2) is 83.5 Å². The molecule has 0 radical (unpaired) electrons. The number of rotatable bonds is 15. The molecule has 7 heteroatoms. The molecule has 2 unspecified atom stereocenters. The normalized spacial score (nSPS) is 20.3. The third-order valence-corrected chi connectivity index (χ3v) is 6.94. The van der Waals surface area contributed by atoms with Gasteiger partial charge >= 0.3 is 11.9 Å². The van der Waals surface area contributed by atoms with E-state index in [1.807, 2.05) is 43.4 Å². The molecule has 41 heavy (non-hydrogen) atoms. The Morgan fingerprint density at radius 2 is 1.63 bits per heavy atom. The lowest BCUT2D eigenvalue weighted by molar-refractivity contribution is -0.144. The van der Waals surface area contributed by atoms with E-state index in [-0.39, 0.29) is 30.0 Å². The Labute approximate surface area is 252 Å². The van der Waals surface area contributed by atoms with E-state index in [2.05, 4.69) is 43.7 Å². The van der Waals surface area contributed by atoms with Gasteiger partial charge in [0.05, 0.1) is 25.2 Å². The Kier molecular flexibility index (Phi) is 22.4. The van der Waals surface area contributed by atoms with E-state index in [0.717, 1.165) is 55.6 Å². The minimum Gasteiger partial charge on any atom is -0.481 e. The highest BCUT2D eigenvalue weighted by molar-refractivity contribution is 6.29. The number of carboxylic acid groups (broad SMARTS) is 1. The third-order valence-electron chi connectivity index (χ3n) is 6.44. The molecule has 0 amide bonds. The molecule has 0 bridgehead atoms. The van der Waals surface area contributed by atoms with Gasteiger partial charge in [-0.2, -0.15) is 0 Å². The standard InChI is InChI=1S/C27H39ClO3.C7H12O3/c1-22(2)14-8-6-7-9-17-25(29)21-20-24(4)26(28)18-12-10-15-23(3)16-11-13-19-27(30)31-5;8-6-3-1-2-5(4-6)7(9)10/h6-8,10-16,18-19,22,24-25,29H,9,17,20-21H2,1-5H3;5-6,8H,1-4H2,(H,9,10)/b7-6+,12-10+,14-8+,16-11+,19-13+,23-15+,26-18-;/t24-,25?;5-,6?/m01/s1. The molecule has 0 saturated heterocycles. The number of carbonyl (C=O) groups is 2. The van der Waals surface area contributed by atoms with Gasteiger partial charge in [-0.25, -0.2) is 4.79 Å². The second-order valence-corrected chi connectivity index (χ2v) is 11.1. The van der Waals surface area contributed by atoms with Crippen LogP contribution in [-0.4, -0.2) is 46.6 Å². The molecule has 1 rings (SSSR count). The summed E-state index contributed by atoms with van der Waals surface area (Å²) in [5.41, 5.74) is 1.04. The molecule has 1 fully saturated rings. The van der Waals surface area contributed by atoms with Crippen molar-refractivity contribution in [3.63, 3.8) is 0 Å². The van der Waals surface area contributed by atoms with Crippen molar-refractivity contribution in [3.8, 4) is 0 Å². The zero-order valence-corrected chi connectivity index (χ0v) is 26.2. The van der Waals surface area contributed by atoms with Crippen molar-refractivity contribution in [1.29, 1.82) is 0 Å². The molecular formula is C34H51ClO6. The predicted molar refractivity (Wildman–Crippen MR) is 169 cm³/mol. The van der Waals surface area contributed by atoms with Gasteiger partial charge in [0.1, 0.15) is 0 Å². The van der Waals surface area contributed by atoms with Crippen LogP contribution in [0.3, 0.4) is 0 Å². The summed E-state index contributed by atoms with van der Waals surface area (Å²) >= 11 is 6.38. The van der Waals surface area contributed by atoms with Crippen molar-refractivity contribution >= 4 is 23.5 Å². The molecule has 0 heterocycles. The quantitative estimate of drug-likeness (QED) is 0.102. The van der Waals surface area contributed by atoms with Gasteiger partial charge in [-0.15, -0.1) is 0 Å². The SMILES string of the molecule is COC(=O)/C=C/C=C/C(C)=C/C=C/C=C(\Cl)[C@@H](C)CCC(O)CC/C=C/C=C/C(C)C.O=C(O)[C@@H]1CCCC(O)C1. The van der Waals surface area contributed by atoms with Crippen molar-refractivity contribution in [2.24, 2.45) is 17.8 Å². The second-order valence-electron chi connectivity index (χ2n) is 10.7. The van der Waals surface area contributed by atoms with Gasteiger partial charge in [-0.3, -0.25) is 4.79 Å². The number of halogens is 1. The molecule has 1 aliphatic rings. The average molecular weight is 591 g/mol. The molecule has 6 nitrogen and oxygen atoms in total. The summed E-state index contributed by atoms with van der Waals surface area (Å²) < 4.78 is 4.52. The van der Waals surface area contributed by atoms with Crippen LogP contribution in [0.1, 0.15) is 79.1 Å². The molecule has 230 valence electrons. The highest BCUT2D eigenvalue weighted by atomic mass is 35.5. The first kappa shape index (κ1) is 38.3. The van der Waals surface area contributed by atoms with Crippen LogP contribution >= 0.6 is 11.6 Å². The van der Waals surface area contributed by atoms with Gasteiger partial charge < -0.3 is 20.1 Å². The lowest BCUT2D eigenvalue weighted by Crippen LogP contribution is -2.25. The molecule has 1 saturated carbocycles. The topological polar surface area (TPSA) is 104 Å². The van der Waals surface area contributed by atoms with Crippen molar-refractivity contribution in [2.45, 2.75) is 91.3 Å². The summed E-state index contributed by atoms with van der Waals surface area (Å²) in [6.45, 7) is 8.34. The molecular weight excluding hydrogens is 540 g/mol. The highest BCUT2D eigenvalue weighted by Crippen LogP contribution is 2.24. The zero-order valence-electron chi connectivity index (χ0n) is 25.4. The van der Waals surface area contributed by atoms with Crippen LogP contribution in [0.25, 0.3) is 0 Å². The minimum atomic E-state index is -0.765. The Hall–Kier alpha value is -2.67. The van der Waals surface area contributed by atoms with Crippen LogP contribution in [-0.2, 0) is 14.3 Å². The molecule has 0 aromatic rings. The second kappa shape index (κ2) is 24.0. The van der Waals surface area contributed by atoms with Gasteiger partial charge in [0.2, 0.25) is 0 Å². The largest absolute Gasteiger partial charge is 0.481 e. The number of allylic oxidation sites excluding steroid dienone is 13. The van der Waals surface area contributed by atoms with Crippen molar-refractivity contribution in [2.75, 3.05) is 7.11 Å². The molecule has 4 atom stereocenters. The number of aliphatic carboxylic acids is 1. The van der Waals surface area contributed by atoms with E-state index in [9.17, 15) is 14.7 Å². The van der Waals surface area contributed by atoms with Gasteiger partial charge in [0.25, 0.3) is 0 Å². The molecule has 0 spiro atoms. The van der Waals surface area contributed by atoms with Gasteiger partial charge in [0.15, 0.2) is 0 Å². The number of methoxy groups -OCH3 is 1. The van der Waals surface area contributed by atoms with E-state index < -0.39 is 5.97 Å². The van der Waals surface area contributed by atoms with Crippen LogP contribution < -0.4 is 0 Å². The van der Waals surface area contributed by atoms with E-state index in [1.54, 1.807) is 12.2 Å². The lowest BCUT2D eigenvalue weighted by Gasteiger charge is -2.21. The zero-order chi connectivity index (χ0) is 31.0. The van der Waals surface area contributed by atoms with E-state index in [4.69, 9.17) is 21.8 Å². The van der Waals surface area contributed by atoms with Crippen molar-refractivity contribution < 1.29 is 29.6 Å². The number of hydrogen-bond acceptors (Lipinski definition) is 5. The molecule has 0 aliphatic heterocycles. The number of carboxylic acids is 1. The van der Waals surface area contributed by atoms with E-state index >= 15 is 0 Å². The maximum atomic E-state index is 11.0. The van der Waals surface area contributed by atoms with Crippen molar-refractivity contribution in [1.82, 2.24) is 0 Å². The first-order valence-electron chi connectivity index (χ1n) is 14.5. The van der Waals surface area contributed by atoms with Crippen LogP contribution in [0.2, 0.25) is 0 Å². The first-order valence-corrected chi connectivity index (χ1v) is 14.9. The van der Waals surface area contributed by atoms with E-state index in [0.29, 0.717) is 12.3 Å². The number of aliphatic hydroxyl groups is 2. The Morgan fingerprint density at radius 1 is 0.951 bits per heavy atom. The molecule has 0 aromatic heterocycles.